The highest BCUT2D eigenvalue weighted by Gasteiger charge is 2.32. The number of aliphatic hydroxyl groups is 1. The van der Waals surface area contributed by atoms with Crippen molar-refractivity contribution in [3.63, 3.8) is 0 Å². The van der Waals surface area contributed by atoms with Gasteiger partial charge in [-0.15, -0.1) is 0 Å². The van der Waals surface area contributed by atoms with Crippen LogP contribution in [0.5, 0.6) is 5.75 Å². The Bertz CT molecular complexity index is 1500. The first kappa shape index (κ1) is 31.0. The third kappa shape index (κ3) is 7.65. The lowest BCUT2D eigenvalue weighted by atomic mass is 10.00. The van der Waals surface area contributed by atoms with Crippen LogP contribution in [0, 0.1) is 5.92 Å². The zero-order chi connectivity index (χ0) is 30.4. The van der Waals surface area contributed by atoms with Gasteiger partial charge in [0.05, 0.1) is 24.3 Å². The van der Waals surface area contributed by atoms with Crippen LogP contribution in [0.15, 0.2) is 72.8 Å². The van der Waals surface area contributed by atoms with Crippen molar-refractivity contribution in [1.82, 2.24) is 9.62 Å². The standard InChI is InChI=1S/C30H36N4O7S/c1-20(2)18-34(42(39,40)41-25-12-10-24(32-38)11-13-25)19-28(35)26(15-21-7-5-4-6-8-21)31-30(37)22-9-14-27-23(16-22)17-29(36)33(27)3/h4-14,16,20,26,28,32,35,38H,15,17-19H2,1-3H3,(H,31,37)/t26-,28+/m0/s1. The molecular weight excluding hydrogens is 560 g/mol. The van der Waals surface area contributed by atoms with Gasteiger partial charge in [-0.05, 0) is 65.9 Å². The van der Waals surface area contributed by atoms with E-state index in [4.69, 9.17) is 9.39 Å². The summed E-state index contributed by atoms with van der Waals surface area (Å²) in [5.41, 5.74) is 4.98. The minimum Gasteiger partial charge on any atom is -0.390 e. The minimum absolute atomic E-state index is 0.0344. The highest BCUT2D eigenvalue weighted by Crippen LogP contribution is 2.28. The number of hydrogen-bond donors (Lipinski definition) is 4. The second-order valence-electron chi connectivity index (χ2n) is 10.7. The van der Waals surface area contributed by atoms with Gasteiger partial charge in [-0.25, -0.2) is 0 Å². The maximum Gasteiger partial charge on any atom is 0.385 e. The predicted molar refractivity (Wildman–Crippen MR) is 159 cm³/mol. The highest BCUT2D eigenvalue weighted by molar-refractivity contribution is 7.84. The van der Waals surface area contributed by atoms with Crippen molar-refractivity contribution in [2.24, 2.45) is 5.92 Å². The number of benzene rings is 3. The molecule has 0 saturated heterocycles. The summed E-state index contributed by atoms with van der Waals surface area (Å²) in [7, 11) is -2.67. The van der Waals surface area contributed by atoms with Crippen molar-refractivity contribution in [3.05, 3.63) is 89.5 Å². The normalized spacial score (nSPS) is 14.5. The van der Waals surface area contributed by atoms with Crippen molar-refractivity contribution in [2.45, 2.75) is 38.8 Å². The zero-order valence-corrected chi connectivity index (χ0v) is 24.5. The Kier molecular flexibility index (Phi) is 9.84. The van der Waals surface area contributed by atoms with Crippen LogP contribution >= 0.6 is 0 Å². The SMILES string of the molecule is CC(C)CN(C[C@@H](O)[C@H](Cc1ccccc1)NC(=O)c1ccc2c(c1)CC(=O)N2C)S(=O)(=O)Oc1ccc(NO)cc1. The molecule has 12 heteroatoms. The Labute approximate surface area is 245 Å². The summed E-state index contributed by atoms with van der Waals surface area (Å²) in [6.07, 6.45) is -0.856. The molecule has 0 unspecified atom stereocenters. The van der Waals surface area contributed by atoms with Crippen molar-refractivity contribution in [2.75, 3.05) is 30.5 Å². The summed E-state index contributed by atoms with van der Waals surface area (Å²) in [6.45, 7) is 3.41. The molecule has 3 aromatic carbocycles. The van der Waals surface area contributed by atoms with E-state index >= 15 is 0 Å². The number of anilines is 2. The average molecular weight is 597 g/mol. The molecule has 0 bridgehead atoms. The van der Waals surface area contributed by atoms with Gasteiger partial charge in [0, 0.05) is 31.4 Å². The van der Waals surface area contributed by atoms with E-state index in [2.05, 4.69) is 5.32 Å². The molecule has 0 fully saturated rings. The van der Waals surface area contributed by atoms with Crippen molar-refractivity contribution < 1.29 is 32.5 Å². The van der Waals surface area contributed by atoms with E-state index in [1.165, 1.54) is 24.3 Å². The molecule has 11 nitrogen and oxygen atoms in total. The number of fused-ring (bicyclic) bond motifs is 1. The first-order valence-corrected chi connectivity index (χ1v) is 15.0. The van der Waals surface area contributed by atoms with Crippen molar-refractivity contribution >= 4 is 33.5 Å². The Morgan fingerprint density at radius 3 is 2.38 bits per heavy atom. The van der Waals surface area contributed by atoms with Gasteiger partial charge < -0.3 is 19.5 Å². The third-order valence-corrected chi connectivity index (χ3v) is 8.29. The first-order valence-electron chi connectivity index (χ1n) is 13.6. The number of rotatable bonds is 13. The predicted octanol–water partition coefficient (Wildman–Crippen LogP) is 2.99. The van der Waals surface area contributed by atoms with Gasteiger partial charge in [-0.2, -0.15) is 12.7 Å². The molecule has 224 valence electrons. The lowest BCUT2D eigenvalue weighted by Gasteiger charge is -2.30. The van der Waals surface area contributed by atoms with E-state index in [9.17, 15) is 23.1 Å². The number of carbonyl (C=O) groups excluding carboxylic acids is 2. The number of carbonyl (C=O) groups is 2. The van der Waals surface area contributed by atoms with Crippen LogP contribution in [0.1, 0.15) is 35.3 Å². The largest absolute Gasteiger partial charge is 0.390 e. The second kappa shape index (κ2) is 13.3. The van der Waals surface area contributed by atoms with Crippen molar-refractivity contribution in [1.29, 1.82) is 0 Å². The number of hydrogen-bond acceptors (Lipinski definition) is 8. The van der Waals surface area contributed by atoms with Gasteiger partial charge >= 0.3 is 10.3 Å². The summed E-state index contributed by atoms with van der Waals surface area (Å²) in [6, 6.07) is 19.1. The molecule has 3 aromatic rings. The van der Waals surface area contributed by atoms with E-state index in [0.717, 1.165) is 21.1 Å². The summed E-state index contributed by atoms with van der Waals surface area (Å²) in [4.78, 5) is 27.0. The van der Waals surface area contributed by atoms with Gasteiger partial charge in [-0.3, -0.25) is 20.3 Å². The monoisotopic (exact) mass is 596 g/mol. The topological polar surface area (TPSA) is 149 Å². The Morgan fingerprint density at radius 2 is 1.74 bits per heavy atom. The van der Waals surface area contributed by atoms with Gasteiger partial charge in [0.1, 0.15) is 5.75 Å². The fraction of sp³-hybridized carbons (Fsp3) is 0.333. The van der Waals surface area contributed by atoms with Crippen LogP contribution in [0.3, 0.4) is 0 Å². The lowest BCUT2D eigenvalue weighted by molar-refractivity contribution is -0.117. The number of amides is 2. The molecule has 4 rings (SSSR count). The molecule has 1 aliphatic heterocycles. The Morgan fingerprint density at radius 1 is 1.05 bits per heavy atom. The van der Waals surface area contributed by atoms with Crippen LogP contribution in [0.4, 0.5) is 11.4 Å². The van der Waals surface area contributed by atoms with Gasteiger partial charge in [0.25, 0.3) is 5.91 Å². The highest BCUT2D eigenvalue weighted by atomic mass is 32.2. The quantitative estimate of drug-likeness (QED) is 0.220. The summed E-state index contributed by atoms with van der Waals surface area (Å²) in [5, 5.41) is 23.3. The molecule has 1 heterocycles. The van der Waals surface area contributed by atoms with E-state index in [0.29, 0.717) is 11.3 Å². The molecule has 4 N–H and O–H groups in total. The number of likely N-dealkylation sites (N-methyl/N-ethyl adjacent to an activating group) is 1. The molecule has 0 aromatic heterocycles. The number of nitrogens with zero attached hydrogens (tertiary/aromatic N) is 2. The smallest absolute Gasteiger partial charge is 0.385 e. The molecule has 0 aliphatic carbocycles. The van der Waals surface area contributed by atoms with Crippen LogP contribution in [-0.2, 0) is 27.9 Å². The van der Waals surface area contributed by atoms with Crippen molar-refractivity contribution in [3.8, 4) is 5.75 Å². The molecule has 42 heavy (non-hydrogen) atoms. The molecule has 0 saturated carbocycles. The van der Waals surface area contributed by atoms with Crippen LogP contribution in [0.25, 0.3) is 0 Å². The maximum atomic E-state index is 13.4. The van der Waals surface area contributed by atoms with Crippen LogP contribution in [-0.4, -0.2) is 67.1 Å². The summed E-state index contributed by atoms with van der Waals surface area (Å²) >= 11 is 0. The average Bonchev–Trinajstić information content (AvgIpc) is 3.25. The first-order chi connectivity index (χ1) is 20.0. The Hall–Kier alpha value is -3.97. The summed E-state index contributed by atoms with van der Waals surface area (Å²) in [5.74, 6) is -0.570. The van der Waals surface area contributed by atoms with Gasteiger partial charge in [0.15, 0.2) is 0 Å². The third-order valence-electron chi connectivity index (χ3n) is 6.96. The van der Waals surface area contributed by atoms with E-state index in [1.807, 2.05) is 49.7 Å². The molecule has 2 atom stereocenters. The minimum atomic E-state index is -4.35. The van der Waals surface area contributed by atoms with Gasteiger partial charge in [0.2, 0.25) is 5.91 Å². The van der Waals surface area contributed by atoms with E-state index < -0.39 is 28.4 Å². The second-order valence-corrected chi connectivity index (χ2v) is 12.2. The molecule has 1 aliphatic rings. The maximum absolute atomic E-state index is 13.4. The summed E-state index contributed by atoms with van der Waals surface area (Å²) < 4.78 is 33.0. The van der Waals surface area contributed by atoms with Crippen LogP contribution in [0.2, 0.25) is 0 Å². The Balaban J connectivity index is 1.56. The van der Waals surface area contributed by atoms with E-state index in [-0.39, 0.29) is 43.5 Å². The zero-order valence-electron chi connectivity index (χ0n) is 23.7. The number of aliphatic hydroxyl groups excluding tert-OH is 1. The molecule has 2 amide bonds. The van der Waals surface area contributed by atoms with Crippen LogP contribution < -0.4 is 19.9 Å². The van der Waals surface area contributed by atoms with E-state index in [1.54, 1.807) is 30.1 Å². The lowest BCUT2D eigenvalue weighted by Crippen LogP contribution is -2.51. The number of nitrogens with one attached hydrogen (secondary N) is 2. The molecule has 0 spiro atoms. The fourth-order valence-electron chi connectivity index (χ4n) is 4.77. The molecule has 0 radical (unpaired) electrons. The fourth-order valence-corrected chi connectivity index (χ4v) is 6.05. The molecular formula is C30H36N4O7S. The van der Waals surface area contributed by atoms with Gasteiger partial charge in [-0.1, -0.05) is 44.2 Å².